The number of nitrogens with one attached hydrogen (secondary N) is 1. The third-order valence-electron chi connectivity index (χ3n) is 3.83. The minimum Gasteiger partial charge on any atom is -0.467 e. The number of nitrogens with zero attached hydrogens (tertiary/aromatic N) is 2. The first-order valence-corrected chi connectivity index (χ1v) is 8.02. The third kappa shape index (κ3) is 5.64. The third-order valence-corrected chi connectivity index (χ3v) is 3.83. The van der Waals surface area contributed by atoms with Crippen molar-refractivity contribution >= 4 is 17.6 Å². The van der Waals surface area contributed by atoms with Crippen LogP contribution >= 0.6 is 0 Å². The number of rotatable bonds is 7. The Morgan fingerprint density at radius 3 is 2.52 bits per heavy atom. The van der Waals surface area contributed by atoms with E-state index in [0.717, 1.165) is 5.56 Å². The Kier molecular flexibility index (Phi) is 6.61. The highest BCUT2D eigenvalue weighted by Gasteiger charge is 2.22. The maximum Gasteiger partial charge on any atom is 0.328 e. The molecule has 2 rings (SSSR count). The average molecular weight is 367 g/mol. The van der Waals surface area contributed by atoms with E-state index >= 15 is 0 Å². The van der Waals surface area contributed by atoms with E-state index in [4.69, 9.17) is 10.00 Å². The van der Waals surface area contributed by atoms with Gasteiger partial charge in [0.05, 0.1) is 30.1 Å². The van der Waals surface area contributed by atoms with Gasteiger partial charge in [-0.1, -0.05) is 24.3 Å². The van der Waals surface area contributed by atoms with E-state index in [1.807, 2.05) is 6.07 Å². The van der Waals surface area contributed by atoms with E-state index in [9.17, 15) is 19.7 Å². The van der Waals surface area contributed by atoms with Crippen LogP contribution in [0.2, 0.25) is 0 Å². The van der Waals surface area contributed by atoms with Crippen molar-refractivity contribution in [2.45, 2.75) is 18.9 Å². The molecule has 0 unspecified atom stereocenters. The molecule has 0 radical (unpaired) electrons. The van der Waals surface area contributed by atoms with Crippen LogP contribution in [0.15, 0.2) is 48.5 Å². The summed E-state index contributed by atoms with van der Waals surface area (Å²) in [7, 11) is 1.22. The van der Waals surface area contributed by atoms with Gasteiger partial charge in [-0.25, -0.2) is 4.79 Å². The van der Waals surface area contributed by atoms with Gasteiger partial charge in [0.1, 0.15) is 6.04 Å². The standard InChI is InChI=1S/C19H17N3O5/c1-27-19(24)17(10-13-5-7-14(12-20)8-6-13)21-18(23)11-15-3-2-4-16(9-15)22(25)26/h2-9,17H,10-11H2,1H3,(H,21,23)/t17-/m0/s1. The zero-order chi connectivity index (χ0) is 19.8. The van der Waals surface area contributed by atoms with Gasteiger partial charge in [-0.3, -0.25) is 14.9 Å². The molecular formula is C19H17N3O5. The second-order valence-corrected chi connectivity index (χ2v) is 5.76. The molecule has 8 nitrogen and oxygen atoms in total. The molecule has 1 N–H and O–H groups in total. The van der Waals surface area contributed by atoms with Gasteiger partial charge in [0.15, 0.2) is 0 Å². The lowest BCUT2D eigenvalue weighted by atomic mass is 10.0. The van der Waals surface area contributed by atoms with E-state index in [1.165, 1.54) is 25.3 Å². The van der Waals surface area contributed by atoms with Crippen LogP contribution in [0.5, 0.6) is 0 Å². The number of nitro groups is 1. The molecule has 0 saturated carbocycles. The second-order valence-electron chi connectivity index (χ2n) is 5.76. The lowest BCUT2D eigenvalue weighted by molar-refractivity contribution is -0.384. The van der Waals surface area contributed by atoms with E-state index in [1.54, 1.807) is 30.3 Å². The smallest absolute Gasteiger partial charge is 0.328 e. The highest BCUT2D eigenvalue weighted by molar-refractivity contribution is 5.85. The number of ether oxygens (including phenoxy) is 1. The molecule has 0 heterocycles. The summed E-state index contributed by atoms with van der Waals surface area (Å²) in [6.07, 6.45) is 0.0849. The van der Waals surface area contributed by atoms with Crippen molar-refractivity contribution in [2.75, 3.05) is 7.11 Å². The molecule has 0 aliphatic heterocycles. The molecule has 1 atom stereocenters. The number of benzene rings is 2. The second kappa shape index (κ2) is 9.10. The first-order valence-electron chi connectivity index (χ1n) is 8.02. The number of esters is 1. The fourth-order valence-corrected chi connectivity index (χ4v) is 2.50. The highest BCUT2D eigenvalue weighted by Crippen LogP contribution is 2.14. The average Bonchev–Trinajstić information content (AvgIpc) is 2.67. The summed E-state index contributed by atoms with van der Waals surface area (Å²) >= 11 is 0. The molecule has 0 spiro atoms. The van der Waals surface area contributed by atoms with Gasteiger partial charge in [-0.05, 0) is 23.3 Å². The Bertz CT molecular complexity index is 887. The summed E-state index contributed by atoms with van der Waals surface area (Å²) < 4.78 is 4.74. The van der Waals surface area contributed by atoms with Crippen molar-refractivity contribution < 1.29 is 19.2 Å². The maximum atomic E-state index is 12.3. The number of nitro benzene ring substituents is 1. The highest BCUT2D eigenvalue weighted by atomic mass is 16.6. The molecule has 0 aliphatic carbocycles. The number of methoxy groups -OCH3 is 1. The van der Waals surface area contributed by atoms with Crippen molar-refractivity contribution in [1.82, 2.24) is 5.32 Å². The predicted octanol–water partition coefficient (Wildman–Crippen LogP) is 1.91. The van der Waals surface area contributed by atoms with E-state index in [-0.39, 0.29) is 18.5 Å². The molecule has 0 fully saturated rings. The Morgan fingerprint density at radius 1 is 1.22 bits per heavy atom. The van der Waals surface area contributed by atoms with Crippen LogP contribution in [0.1, 0.15) is 16.7 Å². The van der Waals surface area contributed by atoms with E-state index in [0.29, 0.717) is 11.1 Å². The fourth-order valence-electron chi connectivity index (χ4n) is 2.50. The van der Waals surface area contributed by atoms with Gasteiger partial charge >= 0.3 is 5.97 Å². The van der Waals surface area contributed by atoms with Gasteiger partial charge in [0, 0.05) is 18.6 Å². The molecule has 2 aromatic rings. The van der Waals surface area contributed by atoms with Crippen molar-refractivity contribution in [3.8, 4) is 6.07 Å². The number of hydrogen-bond acceptors (Lipinski definition) is 6. The summed E-state index contributed by atoms with van der Waals surface area (Å²) in [5.74, 6) is -1.06. The Morgan fingerprint density at radius 2 is 1.93 bits per heavy atom. The predicted molar refractivity (Wildman–Crippen MR) is 95.6 cm³/mol. The van der Waals surface area contributed by atoms with Gasteiger partial charge < -0.3 is 10.1 Å². The molecule has 0 aromatic heterocycles. The molecule has 0 bridgehead atoms. The number of carbonyl (C=O) groups is 2. The number of non-ortho nitro benzene ring substituents is 1. The summed E-state index contributed by atoms with van der Waals surface area (Å²) in [5, 5.41) is 22.2. The molecule has 138 valence electrons. The number of nitriles is 1. The normalized spacial score (nSPS) is 11.1. The maximum absolute atomic E-state index is 12.3. The van der Waals surface area contributed by atoms with E-state index in [2.05, 4.69) is 5.32 Å². The topological polar surface area (TPSA) is 122 Å². The molecule has 27 heavy (non-hydrogen) atoms. The minimum absolute atomic E-state index is 0.109. The summed E-state index contributed by atoms with van der Waals surface area (Å²) in [4.78, 5) is 34.6. The van der Waals surface area contributed by atoms with Crippen molar-refractivity contribution in [1.29, 1.82) is 5.26 Å². The molecular weight excluding hydrogens is 350 g/mol. The van der Waals surface area contributed by atoms with E-state index < -0.39 is 22.8 Å². The number of hydrogen-bond donors (Lipinski definition) is 1. The minimum atomic E-state index is -0.908. The first kappa shape index (κ1) is 19.6. The lowest BCUT2D eigenvalue weighted by Crippen LogP contribution is -2.43. The summed E-state index contributed by atoms with van der Waals surface area (Å²) in [5.41, 5.74) is 1.59. The molecule has 8 heteroatoms. The van der Waals surface area contributed by atoms with Crippen LogP contribution < -0.4 is 5.32 Å². The van der Waals surface area contributed by atoms with Crippen LogP contribution in [0.25, 0.3) is 0 Å². The van der Waals surface area contributed by atoms with Crippen LogP contribution in [-0.2, 0) is 27.2 Å². The fraction of sp³-hybridized carbons (Fsp3) is 0.211. The number of amides is 1. The van der Waals surface area contributed by atoms with Crippen molar-refractivity contribution in [3.05, 3.63) is 75.3 Å². The van der Waals surface area contributed by atoms with Gasteiger partial charge in [-0.2, -0.15) is 5.26 Å². The largest absolute Gasteiger partial charge is 0.467 e. The van der Waals surface area contributed by atoms with Crippen LogP contribution in [0.3, 0.4) is 0 Å². The molecule has 2 aromatic carbocycles. The first-order chi connectivity index (χ1) is 12.9. The van der Waals surface area contributed by atoms with Crippen molar-refractivity contribution in [3.63, 3.8) is 0 Å². The zero-order valence-corrected chi connectivity index (χ0v) is 14.5. The SMILES string of the molecule is COC(=O)[C@H](Cc1ccc(C#N)cc1)NC(=O)Cc1cccc([N+](=O)[O-])c1. The van der Waals surface area contributed by atoms with Gasteiger partial charge in [0.2, 0.25) is 5.91 Å². The van der Waals surface area contributed by atoms with Gasteiger partial charge in [0.25, 0.3) is 5.69 Å². The van der Waals surface area contributed by atoms with Crippen LogP contribution in [0.4, 0.5) is 5.69 Å². The zero-order valence-electron chi connectivity index (χ0n) is 14.5. The summed E-state index contributed by atoms with van der Waals surface area (Å²) in [6, 6.07) is 13.5. The van der Waals surface area contributed by atoms with Crippen LogP contribution in [-0.4, -0.2) is 30.0 Å². The molecule has 1 amide bonds. The number of carbonyl (C=O) groups excluding carboxylic acids is 2. The van der Waals surface area contributed by atoms with Crippen molar-refractivity contribution in [2.24, 2.45) is 0 Å². The Balaban J connectivity index is 2.07. The Hall–Kier alpha value is -3.73. The quantitative estimate of drug-likeness (QED) is 0.453. The molecule has 0 saturated heterocycles. The monoisotopic (exact) mass is 367 g/mol. The molecule has 0 aliphatic rings. The van der Waals surface area contributed by atoms with Gasteiger partial charge in [-0.15, -0.1) is 0 Å². The van der Waals surface area contributed by atoms with Crippen LogP contribution in [0, 0.1) is 21.4 Å². The Labute approximate surface area is 155 Å². The lowest BCUT2D eigenvalue weighted by Gasteiger charge is -2.16. The summed E-state index contributed by atoms with van der Waals surface area (Å²) in [6.45, 7) is 0.